The summed E-state index contributed by atoms with van der Waals surface area (Å²) >= 11 is 0. The number of hydrogen-bond acceptors (Lipinski definition) is 4. The Hall–Kier alpha value is -1.14. The maximum Gasteiger partial charge on any atom is 0.332 e. The number of rotatable bonds is 5. The predicted molar refractivity (Wildman–Crippen MR) is 56.9 cm³/mol. The van der Waals surface area contributed by atoms with E-state index < -0.39 is 17.6 Å². The van der Waals surface area contributed by atoms with Crippen LogP contribution >= 0.6 is 0 Å². The molecule has 0 saturated carbocycles. The van der Waals surface area contributed by atoms with E-state index in [-0.39, 0.29) is 18.9 Å². The summed E-state index contributed by atoms with van der Waals surface area (Å²) in [6, 6.07) is 0. The highest BCUT2D eigenvalue weighted by Crippen LogP contribution is 2.18. The molecule has 1 amide bonds. The van der Waals surface area contributed by atoms with Crippen LogP contribution in [0.1, 0.15) is 26.2 Å². The van der Waals surface area contributed by atoms with Gasteiger partial charge >= 0.3 is 5.97 Å². The highest BCUT2D eigenvalue weighted by molar-refractivity contribution is 5.86. The van der Waals surface area contributed by atoms with Gasteiger partial charge in [-0.05, 0) is 26.3 Å². The molecule has 0 bridgehead atoms. The lowest BCUT2D eigenvalue weighted by Crippen LogP contribution is -2.51. The Kier molecular flexibility index (Phi) is 4.26. The van der Waals surface area contributed by atoms with Crippen LogP contribution in [0.15, 0.2) is 0 Å². The van der Waals surface area contributed by atoms with Gasteiger partial charge in [0.25, 0.3) is 0 Å². The zero-order valence-corrected chi connectivity index (χ0v) is 9.32. The van der Waals surface area contributed by atoms with Crippen LogP contribution in [0.2, 0.25) is 0 Å². The largest absolute Gasteiger partial charge is 0.479 e. The Bertz CT molecular complexity index is 274. The molecule has 0 aromatic rings. The van der Waals surface area contributed by atoms with Gasteiger partial charge in [0.15, 0.2) is 6.10 Å². The molecule has 1 fully saturated rings. The second kappa shape index (κ2) is 5.27. The average molecular weight is 230 g/mol. The minimum absolute atomic E-state index is 0.0250. The van der Waals surface area contributed by atoms with Gasteiger partial charge in [0.1, 0.15) is 0 Å². The van der Waals surface area contributed by atoms with Gasteiger partial charge in [-0.2, -0.15) is 0 Å². The van der Waals surface area contributed by atoms with Crippen LogP contribution in [-0.2, 0) is 9.59 Å². The first-order valence-corrected chi connectivity index (χ1v) is 5.40. The normalized spacial score (nSPS) is 26.4. The summed E-state index contributed by atoms with van der Waals surface area (Å²) < 4.78 is 0. The predicted octanol–water partition coefficient (Wildman–Crippen LogP) is -0.920. The number of amides is 1. The van der Waals surface area contributed by atoms with E-state index in [1.807, 2.05) is 6.92 Å². The molecule has 1 unspecified atom stereocenters. The molecule has 1 aliphatic rings. The van der Waals surface area contributed by atoms with E-state index >= 15 is 0 Å². The Balaban J connectivity index is 2.27. The van der Waals surface area contributed by atoms with E-state index in [1.54, 1.807) is 0 Å². The smallest absolute Gasteiger partial charge is 0.332 e. The van der Waals surface area contributed by atoms with Gasteiger partial charge in [-0.25, -0.2) is 4.79 Å². The molecule has 0 aromatic carbocycles. The van der Waals surface area contributed by atoms with Crippen molar-refractivity contribution in [1.82, 2.24) is 10.6 Å². The summed E-state index contributed by atoms with van der Waals surface area (Å²) in [5, 5.41) is 23.2. The molecule has 0 aliphatic carbocycles. The van der Waals surface area contributed by atoms with Crippen molar-refractivity contribution in [3.63, 3.8) is 0 Å². The molecule has 1 aliphatic heterocycles. The first-order valence-electron chi connectivity index (χ1n) is 5.40. The van der Waals surface area contributed by atoms with Crippen molar-refractivity contribution in [3.05, 3.63) is 0 Å². The molecule has 6 nitrogen and oxygen atoms in total. The molecule has 1 rings (SSSR count). The second-order valence-electron chi connectivity index (χ2n) is 4.26. The summed E-state index contributed by atoms with van der Waals surface area (Å²) in [5.74, 6) is -1.40. The van der Waals surface area contributed by atoms with E-state index in [4.69, 9.17) is 10.2 Å². The molecule has 0 radical (unpaired) electrons. The Morgan fingerprint density at radius 1 is 1.56 bits per heavy atom. The van der Waals surface area contributed by atoms with Gasteiger partial charge in [-0.3, -0.25) is 4.79 Å². The first kappa shape index (κ1) is 12.9. The molecule has 4 N–H and O–H groups in total. The van der Waals surface area contributed by atoms with E-state index in [2.05, 4.69) is 10.6 Å². The van der Waals surface area contributed by atoms with Crippen molar-refractivity contribution in [2.24, 2.45) is 0 Å². The third-order valence-corrected chi connectivity index (χ3v) is 2.86. The quantitative estimate of drug-likeness (QED) is 0.489. The van der Waals surface area contributed by atoms with Gasteiger partial charge in [0.05, 0.1) is 5.54 Å². The fourth-order valence-corrected chi connectivity index (χ4v) is 1.73. The summed E-state index contributed by atoms with van der Waals surface area (Å²) in [7, 11) is 0. The Morgan fingerprint density at radius 3 is 2.75 bits per heavy atom. The SMILES string of the molecule is CC1(C(=O)NCC[C@H](O)C(=O)O)CCCN1. The molecule has 6 heteroatoms. The van der Waals surface area contributed by atoms with Gasteiger partial charge in [0, 0.05) is 13.0 Å². The Morgan fingerprint density at radius 2 is 2.25 bits per heavy atom. The van der Waals surface area contributed by atoms with Crippen LogP contribution in [0.4, 0.5) is 0 Å². The third kappa shape index (κ3) is 3.18. The lowest BCUT2D eigenvalue weighted by atomic mass is 9.99. The molecule has 2 atom stereocenters. The molecule has 16 heavy (non-hydrogen) atoms. The van der Waals surface area contributed by atoms with Crippen molar-refractivity contribution in [2.45, 2.75) is 37.8 Å². The highest BCUT2D eigenvalue weighted by atomic mass is 16.4. The first-order chi connectivity index (χ1) is 7.46. The van der Waals surface area contributed by atoms with Crippen molar-refractivity contribution in [3.8, 4) is 0 Å². The number of carbonyl (C=O) groups is 2. The summed E-state index contributed by atoms with van der Waals surface area (Å²) in [5.41, 5.74) is -0.547. The molecule has 0 spiro atoms. The van der Waals surface area contributed by atoms with Gasteiger partial charge in [-0.15, -0.1) is 0 Å². The number of carboxylic acid groups (broad SMARTS) is 1. The summed E-state index contributed by atoms with van der Waals surface area (Å²) in [6.45, 7) is 2.81. The van der Waals surface area contributed by atoms with Crippen LogP contribution in [-0.4, -0.2) is 46.8 Å². The molecule has 1 saturated heterocycles. The summed E-state index contributed by atoms with van der Waals surface area (Å²) in [6.07, 6.45) is 0.351. The maximum atomic E-state index is 11.7. The van der Waals surface area contributed by atoms with E-state index in [0.717, 1.165) is 19.4 Å². The number of carbonyl (C=O) groups excluding carboxylic acids is 1. The molecular formula is C10H18N2O4. The Labute approximate surface area is 94.0 Å². The number of nitrogens with one attached hydrogen (secondary N) is 2. The van der Waals surface area contributed by atoms with E-state index in [9.17, 15) is 9.59 Å². The van der Waals surface area contributed by atoms with Crippen molar-refractivity contribution >= 4 is 11.9 Å². The molecule has 1 heterocycles. The molecule has 92 valence electrons. The average Bonchev–Trinajstić information content (AvgIpc) is 2.66. The lowest BCUT2D eigenvalue weighted by Gasteiger charge is -2.23. The van der Waals surface area contributed by atoms with Crippen LogP contribution in [0.25, 0.3) is 0 Å². The number of hydrogen-bond donors (Lipinski definition) is 4. The van der Waals surface area contributed by atoms with Crippen LogP contribution in [0.5, 0.6) is 0 Å². The zero-order valence-electron chi connectivity index (χ0n) is 9.32. The molecular weight excluding hydrogens is 212 g/mol. The minimum Gasteiger partial charge on any atom is -0.479 e. The van der Waals surface area contributed by atoms with E-state index in [1.165, 1.54) is 0 Å². The third-order valence-electron chi connectivity index (χ3n) is 2.86. The van der Waals surface area contributed by atoms with Crippen molar-refractivity contribution in [1.29, 1.82) is 0 Å². The number of aliphatic hydroxyl groups is 1. The zero-order chi connectivity index (χ0) is 12.2. The van der Waals surface area contributed by atoms with Gasteiger partial charge in [-0.1, -0.05) is 0 Å². The number of carboxylic acids is 1. The summed E-state index contributed by atoms with van der Waals surface area (Å²) in [4.78, 5) is 22.0. The van der Waals surface area contributed by atoms with Gasteiger partial charge < -0.3 is 20.8 Å². The monoisotopic (exact) mass is 230 g/mol. The molecule has 0 aromatic heterocycles. The van der Waals surface area contributed by atoms with Gasteiger partial charge in [0.2, 0.25) is 5.91 Å². The number of aliphatic carboxylic acids is 1. The van der Waals surface area contributed by atoms with Crippen LogP contribution < -0.4 is 10.6 Å². The number of aliphatic hydroxyl groups excluding tert-OH is 1. The minimum atomic E-state index is -1.41. The fourth-order valence-electron chi connectivity index (χ4n) is 1.73. The second-order valence-corrected chi connectivity index (χ2v) is 4.26. The maximum absolute atomic E-state index is 11.7. The topological polar surface area (TPSA) is 98.7 Å². The van der Waals surface area contributed by atoms with Crippen LogP contribution in [0.3, 0.4) is 0 Å². The van der Waals surface area contributed by atoms with Crippen LogP contribution in [0, 0.1) is 0 Å². The standard InChI is InChI=1S/C10H18N2O4/c1-10(4-2-5-12-10)9(16)11-6-3-7(13)8(14)15/h7,12-13H,2-6H2,1H3,(H,11,16)(H,14,15)/t7-,10?/m0/s1. The van der Waals surface area contributed by atoms with E-state index in [0.29, 0.717) is 0 Å². The van der Waals surface area contributed by atoms with Crippen molar-refractivity contribution in [2.75, 3.05) is 13.1 Å². The highest BCUT2D eigenvalue weighted by Gasteiger charge is 2.35. The fraction of sp³-hybridized carbons (Fsp3) is 0.800. The lowest BCUT2D eigenvalue weighted by molar-refractivity contribution is -0.147. The van der Waals surface area contributed by atoms with Crippen molar-refractivity contribution < 1.29 is 19.8 Å².